The second-order valence-electron chi connectivity index (χ2n) is 3.55. The van der Waals surface area contributed by atoms with Gasteiger partial charge < -0.3 is 4.74 Å². The van der Waals surface area contributed by atoms with Crippen LogP contribution in [0, 0.1) is 6.92 Å². The second-order valence-corrected chi connectivity index (χ2v) is 5.39. The normalized spacial score (nSPS) is 20.2. The molecule has 5 heteroatoms. The molecule has 1 aromatic rings. The Morgan fingerprint density at radius 3 is 2.53 bits per heavy atom. The molecule has 0 aliphatic carbocycles. The minimum absolute atomic E-state index is 0.221. The number of hydrogen-bond donors (Lipinski definition) is 0. The highest BCUT2D eigenvalue weighted by molar-refractivity contribution is 7.92. The fourth-order valence-electron chi connectivity index (χ4n) is 1.52. The maximum absolute atomic E-state index is 11.7. The minimum Gasteiger partial charge on any atom is -0.362 e. The fraction of sp³-hybridized carbons (Fsp3) is 0.400. The van der Waals surface area contributed by atoms with Crippen molar-refractivity contribution in [2.75, 3.05) is 23.4 Å². The van der Waals surface area contributed by atoms with E-state index in [-0.39, 0.29) is 5.94 Å². The third-order valence-electron chi connectivity index (χ3n) is 2.33. The maximum atomic E-state index is 11.7. The molecular weight excluding hydrogens is 214 g/mol. The van der Waals surface area contributed by atoms with E-state index in [9.17, 15) is 8.42 Å². The molecule has 1 aliphatic heterocycles. The van der Waals surface area contributed by atoms with E-state index < -0.39 is 10.0 Å². The first-order chi connectivity index (χ1) is 7.09. The summed E-state index contributed by atoms with van der Waals surface area (Å²) in [6.45, 7) is 2.82. The summed E-state index contributed by atoms with van der Waals surface area (Å²) in [5, 5.41) is 0. The average Bonchev–Trinajstić information content (AvgIpc) is 2.19. The smallest absolute Gasteiger partial charge is 0.259 e. The van der Waals surface area contributed by atoms with Crippen molar-refractivity contribution < 1.29 is 13.2 Å². The molecule has 0 radical (unpaired) electrons. The monoisotopic (exact) mass is 227 g/mol. The molecule has 1 aliphatic rings. The number of hydrogen-bond acceptors (Lipinski definition) is 3. The molecule has 0 spiro atoms. The summed E-state index contributed by atoms with van der Waals surface area (Å²) in [7, 11) is -3.28. The van der Waals surface area contributed by atoms with Gasteiger partial charge in [0, 0.05) is 0 Å². The van der Waals surface area contributed by atoms with Gasteiger partial charge in [0.15, 0.2) is 5.94 Å². The number of anilines is 1. The summed E-state index contributed by atoms with van der Waals surface area (Å²) in [6.07, 6.45) is 0. The van der Waals surface area contributed by atoms with Crippen molar-refractivity contribution in [3.05, 3.63) is 29.8 Å². The second kappa shape index (κ2) is 3.83. The van der Waals surface area contributed by atoms with Crippen LogP contribution in [0.25, 0.3) is 0 Å². The molecule has 0 N–H and O–H groups in total. The quantitative estimate of drug-likeness (QED) is 0.722. The molecule has 1 aromatic carbocycles. The van der Waals surface area contributed by atoms with E-state index in [1.165, 1.54) is 4.31 Å². The van der Waals surface area contributed by atoms with Crippen LogP contribution in [-0.4, -0.2) is 27.5 Å². The topological polar surface area (TPSA) is 46.6 Å². The molecule has 1 fully saturated rings. The predicted octanol–water partition coefficient (Wildman–Crippen LogP) is 1.12. The van der Waals surface area contributed by atoms with E-state index in [1.54, 1.807) is 0 Å². The number of nitrogens with zero attached hydrogens (tertiary/aromatic N) is 1. The molecule has 1 heterocycles. The standard InChI is InChI=1S/C10H13NO3S/c1-9-2-4-10(5-3-9)11-6-7-14-8-15(11,12)13/h2-5H,6-8H2,1H3. The summed E-state index contributed by atoms with van der Waals surface area (Å²) < 4.78 is 29.7. The van der Waals surface area contributed by atoms with Gasteiger partial charge in [-0.15, -0.1) is 0 Å². The van der Waals surface area contributed by atoms with Gasteiger partial charge in [-0.2, -0.15) is 0 Å². The van der Waals surface area contributed by atoms with Gasteiger partial charge in [-0.1, -0.05) is 17.7 Å². The minimum atomic E-state index is -3.28. The average molecular weight is 227 g/mol. The van der Waals surface area contributed by atoms with E-state index in [4.69, 9.17) is 4.74 Å². The molecule has 0 saturated carbocycles. The van der Waals surface area contributed by atoms with Crippen molar-refractivity contribution in [1.29, 1.82) is 0 Å². The number of rotatable bonds is 1. The van der Waals surface area contributed by atoms with Crippen LogP contribution in [0.1, 0.15) is 5.56 Å². The Kier molecular flexibility index (Phi) is 2.67. The molecular formula is C10H13NO3S. The third kappa shape index (κ3) is 2.13. The van der Waals surface area contributed by atoms with Gasteiger partial charge in [0.2, 0.25) is 0 Å². The summed E-state index contributed by atoms with van der Waals surface area (Å²) in [5.74, 6) is -0.221. The first-order valence-corrected chi connectivity index (χ1v) is 6.35. The third-order valence-corrected chi connectivity index (χ3v) is 3.86. The van der Waals surface area contributed by atoms with Crippen molar-refractivity contribution in [3.63, 3.8) is 0 Å². The molecule has 4 nitrogen and oxygen atoms in total. The lowest BCUT2D eigenvalue weighted by Crippen LogP contribution is -2.41. The van der Waals surface area contributed by atoms with E-state index in [1.807, 2.05) is 31.2 Å². The zero-order chi connectivity index (χ0) is 10.9. The van der Waals surface area contributed by atoms with Crippen molar-refractivity contribution >= 4 is 15.7 Å². The Hall–Kier alpha value is -1.07. The van der Waals surface area contributed by atoms with Crippen LogP contribution in [0.3, 0.4) is 0 Å². The van der Waals surface area contributed by atoms with Crippen molar-refractivity contribution in [3.8, 4) is 0 Å². The van der Waals surface area contributed by atoms with Crippen molar-refractivity contribution in [2.24, 2.45) is 0 Å². The number of sulfonamides is 1. The van der Waals surface area contributed by atoms with Crippen LogP contribution in [0.2, 0.25) is 0 Å². The Bertz CT molecular complexity index is 438. The van der Waals surface area contributed by atoms with E-state index in [2.05, 4.69) is 0 Å². The Morgan fingerprint density at radius 2 is 1.93 bits per heavy atom. The number of benzene rings is 1. The molecule has 0 bridgehead atoms. The van der Waals surface area contributed by atoms with Gasteiger partial charge >= 0.3 is 0 Å². The predicted molar refractivity (Wildman–Crippen MR) is 58.3 cm³/mol. The molecule has 1 saturated heterocycles. The van der Waals surface area contributed by atoms with Crippen LogP contribution >= 0.6 is 0 Å². The summed E-state index contributed by atoms with van der Waals surface area (Å²) in [4.78, 5) is 0. The number of ether oxygens (including phenoxy) is 1. The molecule has 82 valence electrons. The van der Waals surface area contributed by atoms with Gasteiger partial charge in [-0.3, -0.25) is 4.31 Å². The highest BCUT2D eigenvalue weighted by atomic mass is 32.2. The van der Waals surface area contributed by atoms with Crippen LogP contribution in [0.4, 0.5) is 5.69 Å². The molecule has 2 rings (SSSR count). The lowest BCUT2D eigenvalue weighted by molar-refractivity contribution is 0.175. The van der Waals surface area contributed by atoms with Crippen LogP contribution in [0.15, 0.2) is 24.3 Å². The Balaban J connectivity index is 2.33. The van der Waals surface area contributed by atoms with Gasteiger partial charge in [0.05, 0.1) is 18.8 Å². The molecule has 0 aromatic heterocycles. The van der Waals surface area contributed by atoms with Crippen LogP contribution in [0.5, 0.6) is 0 Å². The molecule has 0 amide bonds. The zero-order valence-electron chi connectivity index (χ0n) is 8.51. The van der Waals surface area contributed by atoms with Gasteiger partial charge in [0.1, 0.15) is 0 Å². The van der Waals surface area contributed by atoms with Crippen LogP contribution in [-0.2, 0) is 14.8 Å². The maximum Gasteiger partial charge on any atom is 0.259 e. The summed E-state index contributed by atoms with van der Waals surface area (Å²) in [5.41, 5.74) is 1.83. The highest BCUT2D eigenvalue weighted by Crippen LogP contribution is 2.20. The van der Waals surface area contributed by atoms with Gasteiger partial charge in [-0.05, 0) is 19.1 Å². The van der Waals surface area contributed by atoms with Gasteiger partial charge in [-0.25, -0.2) is 8.42 Å². The van der Waals surface area contributed by atoms with Crippen molar-refractivity contribution in [1.82, 2.24) is 0 Å². The van der Waals surface area contributed by atoms with Crippen molar-refractivity contribution in [2.45, 2.75) is 6.92 Å². The van der Waals surface area contributed by atoms with E-state index in [0.29, 0.717) is 18.8 Å². The lowest BCUT2D eigenvalue weighted by Gasteiger charge is -2.28. The Morgan fingerprint density at radius 1 is 1.27 bits per heavy atom. The van der Waals surface area contributed by atoms with E-state index in [0.717, 1.165) is 5.56 Å². The molecule has 0 unspecified atom stereocenters. The fourth-order valence-corrected chi connectivity index (χ4v) is 2.77. The Labute approximate surface area is 89.5 Å². The first kappa shape index (κ1) is 10.4. The summed E-state index contributed by atoms with van der Waals surface area (Å²) in [6, 6.07) is 7.44. The van der Waals surface area contributed by atoms with Gasteiger partial charge in [0.25, 0.3) is 10.0 Å². The zero-order valence-corrected chi connectivity index (χ0v) is 9.33. The SMILES string of the molecule is Cc1ccc(N2CCOCS2(=O)=O)cc1. The largest absolute Gasteiger partial charge is 0.362 e. The van der Waals surface area contributed by atoms with Crippen LogP contribution < -0.4 is 4.31 Å². The lowest BCUT2D eigenvalue weighted by atomic mass is 10.2. The summed E-state index contributed by atoms with van der Waals surface area (Å²) >= 11 is 0. The number of aryl methyl sites for hydroxylation is 1. The molecule has 15 heavy (non-hydrogen) atoms. The highest BCUT2D eigenvalue weighted by Gasteiger charge is 2.26. The van der Waals surface area contributed by atoms with E-state index >= 15 is 0 Å². The first-order valence-electron chi connectivity index (χ1n) is 4.74. The molecule has 0 atom stereocenters.